The third-order valence-electron chi connectivity index (χ3n) is 3.76. The number of para-hydroxylation sites is 1. The SMILES string of the molecule is CC[C@H](C)c1ccc(OCC(=O)N/N=C\c2ccccc2O)cc1. The molecule has 1 atom stereocenters. The lowest BCUT2D eigenvalue weighted by atomic mass is 9.99. The number of amides is 1. The first-order chi connectivity index (χ1) is 11.6. The summed E-state index contributed by atoms with van der Waals surface area (Å²) < 4.78 is 5.43. The number of ether oxygens (including phenoxy) is 1. The zero-order valence-electron chi connectivity index (χ0n) is 13.9. The zero-order valence-corrected chi connectivity index (χ0v) is 13.9. The Hall–Kier alpha value is -2.82. The zero-order chi connectivity index (χ0) is 17.4. The lowest BCUT2D eigenvalue weighted by Crippen LogP contribution is -2.24. The Kier molecular flexibility index (Phi) is 6.37. The molecule has 0 aromatic heterocycles. The summed E-state index contributed by atoms with van der Waals surface area (Å²) >= 11 is 0. The fourth-order valence-corrected chi connectivity index (χ4v) is 2.08. The molecule has 0 fully saturated rings. The lowest BCUT2D eigenvalue weighted by Gasteiger charge is -2.10. The molecule has 0 spiro atoms. The first kappa shape index (κ1) is 17.5. The van der Waals surface area contributed by atoms with Crippen LogP contribution in [0.1, 0.15) is 37.3 Å². The normalized spacial score (nSPS) is 12.1. The van der Waals surface area contributed by atoms with Gasteiger partial charge in [0.1, 0.15) is 11.5 Å². The van der Waals surface area contributed by atoms with Gasteiger partial charge in [0.2, 0.25) is 0 Å². The van der Waals surface area contributed by atoms with Gasteiger partial charge < -0.3 is 9.84 Å². The van der Waals surface area contributed by atoms with Crippen molar-refractivity contribution in [2.45, 2.75) is 26.2 Å². The topological polar surface area (TPSA) is 70.9 Å². The number of hydrazone groups is 1. The molecular weight excluding hydrogens is 304 g/mol. The quantitative estimate of drug-likeness (QED) is 0.605. The van der Waals surface area contributed by atoms with E-state index in [1.807, 2.05) is 24.3 Å². The number of carbonyl (C=O) groups excluding carboxylic acids is 1. The Morgan fingerprint density at radius 3 is 2.62 bits per heavy atom. The standard InChI is InChI=1S/C19H22N2O3/c1-3-14(2)15-8-10-17(11-9-15)24-13-19(23)21-20-12-16-6-4-5-7-18(16)22/h4-12,14,22H,3,13H2,1-2H3,(H,21,23)/b20-12-/t14-/m0/s1. The summed E-state index contributed by atoms with van der Waals surface area (Å²) in [4.78, 5) is 11.7. The fourth-order valence-electron chi connectivity index (χ4n) is 2.08. The highest BCUT2D eigenvalue weighted by Gasteiger charge is 2.05. The minimum atomic E-state index is -0.368. The molecule has 0 unspecified atom stereocenters. The Morgan fingerprint density at radius 1 is 1.25 bits per heavy atom. The fraction of sp³-hybridized carbons (Fsp3) is 0.263. The summed E-state index contributed by atoms with van der Waals surface area (Å²) in [6, 6.07) is 14.5. The van der Waals surface area contributed by atoms with E-state index in [2.05, 4.69) is 24.4 Å². The molecule has 0 aliphatic rings. The van der Waals surface area contributed by atoms with Gasteiger partial charge in [0.15, 0.2) is 6.61 Å². The van der Waals surface area contributed by atoms with Gasteiger partial charge in [-0.1, -0.05) is 38.1 Å². The van der Waals surface area contributed by atoms with E-state index in [4.69, 9.17) is 4.74 Å². The Labute approximate surface area is 142 Å². The molecule has 0 heterocycles. The van der Waals surface area contributed by atoms with Gasteiger partial charge in [-0.25, -0.2) is 5.43 Å². The van der Waals surface area contributed by atoms with Gasteiger partial charge in [-0.3, -0.25) is 4.79 Å². The van der Waals surface area contributed by atoms with Gasteiger partial charge in [-0.2, -0.15) is 5.10 Å². The van der Waals surface area contributed by atoms with E-state index in [-0.39, 0.29) is 18.3 Å². The van der Waals surface area contributed by atoms with E-state index in [1.54, 1.807) is 24.3 Å². The number of benzene rings is 2. The lowest BCUT2D eigenvalue weighted by molar-refractivity contribution is -0.123. The maximum Gasteiger partial charge on any atom is 0.277 e. The molecule has 2 N–H and O–H groups in total. The first-order valence-electron chi connectivity index (χ1n) is 7.92. The van der Waals surface area contributed by atoms with Crippen LogP contribution in [0.2, 0.25) is 0 Å². The number of hydrogen-bond acceptors (Lipinski definition) is 4. The molecule has 2 rings (SSSR count). The van der Waals surface area contributed by atoms with Crippen LogP contribution in [0, 0.1) is 0 Å². The number of hydrogen-bond donors (Lipinski definition) is 2. The average Bonchev–Trinajstić information content (AvgIpc) is 2.61. The third kappa shape index (κ3) is 5.12. The van der Waals surface area contributed by atoms with E-state index in [1.165, 1.54) is 11.8 Å². The molecule has 126 valence electrons. The van der Waals surface area contributed by atoms with E-state index < -0.39 is 0 Å². The van der Waals surface area contributed by atoms with Crippen LogP contribution >= 0.6 is 0 Å². The predicted octanol–water partition coefficient (Wildman–Crippen LogP) is 3.43. The van der Waals surface area contributed by atoms with Crippen LogP contribution in [-0.2, 0) is 4.79 Å². The molecule has 5 nitrogen and oxygen atoms in total. The van der Waals surface area contributed by atoms with Gasteiger partial charge >= 0.3 is 0 Å². The summed E-state index contributed by atoms with van der Waals surface area (Å²) in [5.41, 5.74) is 4.14. The second kappa shape index (κ2) is 8.72. The smallest absolute Gasteiger partial charge is 0.277 e. The average molecular weight is 326 g/mol. The second-order valence-electron chi connectivity index (χ2n) is 5.52. The number of phenols is 1. The highest BCUT2D eigenvalue weighted by Crippen LogP contribution is 2.21. The predicted molar refractivity (Wildman–Crippen MR) is 94.5 cm³/mol. The van der Waals surface area contributed by atoms with Crippen molar-refractivity contribution in [2.75, 3.05) is 6.61 Å². The van der Waals surface area contributed by atoms with Crippen LogP contribution in [0.25, 0.3) is 0 Å². The number of nitrogens with one attached hydrogen (secondary N) is 1. The molecule has 0 aliphatic heterocycles. The van der Waals surface area contributed by atoms with Crippen molar-refractivity contribution in [3.05, 3.63) is 59.7 Å². The molecule has 2 aromatic rings. The molecule has 0 saturated heterocycles. The largest absolute Gasteiger partial charge is 0.507 e. The molecule has 2 aromatic carbocycles. The van der Waals surface area contributed by atoms with Crippen molar-refractivity contribution in [2.24, 2.45) is 5.10 Å². The highest BCUT2D eigenvalue weighted by atomic mass is 16.5. The maximum atomic E-state index is 11.7. The van der Waals surface area contributed by atoms with Crippen molar-refractivity contribution in [1.82, 2.24) is 5.43 Å². The Bertz CT molecular complexity index is 696. The summed E-state index contributed by atoms with van der Waals surface area (Å²) in [6.07, 6.45) is 2.46. The summed E-state index contributed by atoms with van der Waals surface area (Å²) in [5, 5.41) is 13.4. The van der Waals surface area contributed by atoms with Crippen LogP contribution in [0.4, 0.5) is 0 Å². The summed E-state index contributed by atoms with van der Waals surface area (Å²) in [5.74, 6) is 0.883. The van der Waals surface area contributed by atoms with E-state index in [0.717, 1.165) is 6.42 Å². The number of nitrogens with zero attached hydrogens (tertiary/aromatic N) is 1. The van der Waals surface area contributed by atoms with Crippen molar-refractivity contribution in [1.29, 1.82) is 0 Å². The minimum Gasteiger partial charge on any atom is -0.507 e. The van der Waals surface area contributed by atoms with Gasteiger partial charge in [-0.05, 0) is 42.2 Å². The second-order valence-corrected chi connectivity index (χ2v) is 5.52. The number of phenolic OH excluding ortho intramolecular Hbond substituents is 1. The van der Waals surface area contributed by atoms with Crippen molar-refractivity contribution in [3.8, 4) is 11.5 Å². The molecule has 0 saturated carbocycles. The van der Waals surface area contributed by atoms with Crippen LogP contribution < -0.4 is 10.2 Å². The molecule has 0 radical (unpaired) electrons. The van der Waals surface area contributed by atoms with E-state index in [9.17, 15) is 9.90 Å². The highest BCUT2D eigenvalue weighted by molar-refractivity contribution is 5.85. The molecule has 24 heavy (non-hydrogen) atoms. The van der Waals surface area contributed by atoms with Gasteiger partial charge in [-0.15, -0.1) is 0 Å². The van der Waals surface area contributed by atoms with Crippen molar-refractivity contribution < 1.29 is 14.6 Å². The monoisotopic (exact) mass is 326 g/mol. The number of carbonyl (C=O) groups is 1. The molecule has 0 bridgehead atoms. The van der Waals surface area contributed by atoms with Crippen molar-refractivity contribution in [3.63, 3.8) is 0 Å². The Morgan fingerprint density at radius 2 is 1.96 bits per heavy atom. The van der Waals surface area contributed by atoms with Gasteiger partial charge in [0.25, 0.3) is 5.91 Å². The van der Waals surface area contributed by atoms with Gasteiger partial charge in [0, 0.05) is 5.56 Å². The molecule has 5 heteroatoms. The van der Waals surface area contributed by atoms with E-state index >= 15 is 0 Å². The van der Waals surface area contributed by atoms with Crippen molar-refractivity contribution >= 4 is 12.1 Å². The minimum absolute atomic E-state index is 0.105. The number of aromatic hydroxyl groups is 1. The summed E-state index contributed by atoms with van der Waals surface area (Å²) in [7, 11) is 0. The summed E-state index contributed by atoms with van der Waals surface area (Å²) in [6.45, 7) is 4.20. The van der Waals surface area contributed by atoms with Crippen LogP contribution in [0.5, 0.6) is 11.5 Å². The number of rotatable bonds is 7. The molecule has 1 amide bonds. The molecule has 0 aliphatic carbocycles. The van der Waals surface area contributed by atoms with Crippen LogP contribution in [0.15, 0.2) is 53.6 Å². The van der Waals surface area contributed by atoms with Crippen LogP contribution in [0.3, 0.4) is 0 Å². The third-order valence-corrected chi connectivity index (χ3v) is 3.76. The first-order valence-corrected chi connectivity index (χ1v) is 7.92. The van der Waals surface area contributed by atoms with E-state index in [0.29, 0.717) is 17.2 Å². The Balaban J connectivity index is 1.80. The maximum absolute atomic E-state index is 11.7. The van der Waals surface area contributed by atoms with Gasteiger partial charge in [0.05, 0.1) is 6.21 Å². The van der Waals surface area contributed by atoms with Crippen LogP contribution in [-0.4, -0.2) is 23.8 Å². The molecular formula is C19H22N2O3.